The SMILES string of the molecule is CC1(C(=O)N(CCO)CC(F)(F)F)CCCN1. The quantitative estimate of drug-likeness (QED) is 0.768. The van der Waals surface area contributed by atoms with E-state index >= 15 is 0 Å². The number of carbonyl (C=O) groups is 1. The number of amides is 1. The third-order valence-corrected chi connectivity index (χ3v) is 2.87. The second kappa shape index (κ2) is 5.22. The molecule has 2 N–H and O–H groups in total. The second-order valence-corrected chi connectivity index (χ2v) is 4.43. The summed E-state index contributed by atoms with van der Waals surface area (Å²) in [6, 6.07) is 0. The van der Waals surface area contributed by atoms with Crippen LogP contribution in [0.3, 0.4) is 0 Å². The topological polar surface area (TPSA) is 52.6 Å². The van der Waals surface area contributed by atoms with Gasteiger partial charge < -0.3 is 15.3 Å². The van der Waals surface area contributed by atoms with Gasteiger partial charge in [0.2, 0.25) is 5.91 Å². The second-order valence-electron chi connectivity index (χ2n) is 4.43. The Morgan fingerprint density at radius 3 is 2.59 bits per heavy atom. The van der Waals surface area contributed by atoms with E-state index in [1.165, 1.54) is 0 Å². The van der Waals surface area contributed by atoms with Crippen LogP contribution >= 0.6 is 0 Å². The number of carbonyl (C=O) groups excluding carboxylic acids is 1. The van der Waals surface area contributed by atoms with Crippen molar-refractivity contribution in [1.82, 2.24) is 10.2 Å². The molecule has 0 aromatic heterocycles. The predicted molar refractivity (Wildman–Crippen MR) is 55.4 cm³/mol. The lowest BCUT2D eigenvalue weighted by Gasteiger charge is -2.32. The van der Waals surface area contributed by atoms with Gasteiger partial charge in [-0.25, -0.2) is 0 Å². The van der Waals surface area contributed by atoms with E-state index in [2.05, 4.69) is 5.32 Å². The molecule has 1 unspecified atom stereocenters. The molecule has 4 nitrogen and oxygen atoms in total. The van der Waals surface area contributed by atoms with E-state index in [-0.39, 0.29) is 6.54 Å². The Hall–Kier alpha value is -0.820. The lowest BCUT2D eigenvalue weighted by atomic mass is 9.98. The summed E-state index contributed by atoms with van der Waals surface area (Å²) in [7, 11) is 0. The molecule has 1 amide bonds. The largest absolute Gasteiger partial charge is 0.406 e. The first kappa shape index (κ1) is 14.2. The molecule has 1 atom stereocenters. The van der Waals surface area contributed by atoms with Gasteiger partial charge in [-0.1, -0.05) is 0 Å². The highest BCUT2D eigenvalue weighted by atomic mass is 19.4. The number of alkyl halides is 3. The Morgan fingerprint density at radius 1 is 1.53 bits per heavy atom. The molecule has 0 saturated carbocycles. The van der Waals surface area contributed by atoms with Crippen molar-refractivity contribution in [2.75, 3.05) is 26.2 Å². The van der Waals surface area contributed by atoms with Crippen LogP contribution in [0.5, 0.6) is 0 Å². The van der Waals surface area contributed by atoms with Crippen LogP contribution < -0.4 is 5.32 Å². The Balaban J connectivity index is 2.72. The standard InChI is InChI=1S/C10H17F3N2O2/c1-9(3-2-4-14-9)8(17)15(5-6-16)7-10(11,12)13/h14,16H,2-7H2,1H3. The normalized spacial score (nSPS) is 25.0. The third kappa shape index (κ3) is 3.85. The van der Waals surface area contributed by atoms with Crippen LogP contribution in [0.25, 0.3) is 0 Å². The first-order chi connectivity index (χ1) is 7.78. The summed E-state index contributed by atoms with van der Waals surface area (Å²) in [6.07, 6.45) is -3.16. The van der Waals surface area contributed by atoms with E-state index in [4.69, 9.17) is 5.11 Å². The van der Waals surface area contributed by atoms with E-state index in [9.17, 15) is 18.0 Å². The van der Waals surface area contributed by atoms with Gasteiger partial charge >= 0.3 is 6.18 Å². The van der Waals surface area contributed by atoms with Gasteiger partial charge in [0.15, 0.2) is 0 Å². The highest BCUT2D eigenvalue weighted by Crippen LogP contribution is 2.24. The number of halogens is 3. The van der Waals surface area contributed by atoms with Crippen molar-refractivity contribution < 1.29 is 23.1 Å². The molecule has 1 aliphatic heterocycles. The molecule has 0 bridgehead atoms. The van der Waals surface area contributed by atoms with Crippen LogP contribution in [0.2, 0.25) is 0 Å². The Labute approximate surface area is 97.8 Å². The minimum absolute atomic E-state index is 0.296. The molecule has 1 heterocycles. The summed E-state index contributed by atoms with van der Waals surface area (Å²) in [5, 5.41) is 11.6. The third-order valence-electron chi connectivity index (χ3n) is 2.87. The molecule has 1 rings (SSSR count). The molecule has 100 valence electrons. The summed E-state index contributed by atoms with van der Waals surface area (Å²) >= 11 is 0. The van der Waals surface area contributed by atoms with Crippen molar-refractivity contribution >= 4 is 5.91 Å². The summed E-state index contributed by atoms with van der Waals surface area (Å²) in [4.78, 5) is 12.7. The molecule has 0 aromatic carbocycles. The van der Waals surface area contributed by atoms with E-state index in [0.29, 0.717) is 17.9 Å². The number of hydrogen-bond acceptors (Lipinski definition) is 3. The van der Waals surface area contributed by atoms with E-state index in [1.54, 1.807) is 6.92 Å². The molecule has 0 aliphatic carbocycles. The highest BCUT2D eigenvalue weighted by Gasteiger charge is 2.42. The molecule has 1 saturated heterocycles. The number of nitrogens with one attached hydrogen (secondary N) is 1. The zero-order chi connectivity index (χ0) is 13.1. The fourth-order valence-corrected chi connectivity index (χ4v) is 2.02. The monoisotopic (exact) mass is 254 g/mol. The van der Waals surface area contributed by atoms with Crippen LogP contribution in [0, 0.1) is 0 Å². The fourth-order valence-electron chi connectivity index (χ4n) is 2.02. The molecule has 17 heavy (non-hydrogen) atoms. The van der Waals surface area contributed by atoms with Crippen molar-refractivity contribution in [2.24, 2.45) is 0 Å². The zero-order valence-electron chi connectivity index (χ0n) is 9.68. The molecule has 1 fully saturated rings. The van der Waals surface area contributed by atoms with Crippen molar-refractivity contribution in [3.63, 3.8) is 0 Å². The van der Waals surface area contributed by atoms with E-state index in [0.717, 1.165) is 6.42 Å². The van der Waals surface area contributed by atoms with Crippen LogP contribution in [-0.2, 0) is 4.79 Å². The Kier molecular flexibility index (Phi) is 4.37. The minimum atomic E-state index is -4.44. The number of nitrogens with zero attached hydrogens (tertiary/aromatic N) is 1. The van der Waals surface area contributed by atoms with Crippen molar-refractivity contribution in [2.45, 2.75) is 31.5 Å². The maximum Gasteiger partial charge on any atom is 0.406 e. The van der Waals surface area contributed by atoms with Gasteiger partial charge in [0.25, 0.3) is 0 Å². The molecule has 0 aromatic rings. The van der Waals surface area contributed by atoms with Gasteiger partial charge in [-0.15, -0.1) is 0 Å². The first-order valence-corrected chi connectivity index (χ1v) is 5.50. The van der Waals surface area contributed by atoms with Gasteiger partial charge in [-0.2, -0.15) is 13.2 Å². The minimum Gasteiger partial charge on any atom is -0.395 e. The number of rotatable bonds is 4. The summed E-state index contributed by atoms with van der Waals surface area (Å²) in [6.45, 7) is 0.140. The lowest BCUT2D eigenvalue weighted by molar-refractivity contribution is -0.165. The number of aliphatic hydroxyl groups is 1. The van der Waals surface area contributed by atoms with Crippen LogP contribution in [0.1, 0.15) is 19.8 Å². The van der Waals surface area contributed by atoms with Gasteiger partial charge in [-0.3, -0.25) is 4.79 Å². The average molecular weight is 254 g/mol. The maximum atomic E-state index is 12.3. The molecular formula is C10H17F3N2O2. The highest BCUT2D eigenvalue weighted by molar-refractivity contribution is 5.86. The lowest BCUT2D eigenvalue weighted by Crippen LogP contribution is -2.55. The van der Waals surface area contributed by atoms with Gasteiger partial charge in [0.05, 0.1) is 12.1 Å². The Morgan fingerprint density at radius 2 is 2.18 bits per heavy atom. The zero-order valence-corrected chi connectivity index (χ0v) is 9.68. The molecule has 0 spiro atoms. The maximum absolute atomic E-state index is 12.3. The number of hydrogen-bond donors (Lipinski definition) is 2. The van der Waals surface area contributed by atoms with Crippen LogP contribution in [0.15, 0.2) is 0 Å². The summed E-state index contributed by atoms with van der Waals surface area (Å²) in [5.74, 6) is -0.596. The van der Waals surface area contributed by atoms with Crippen LogP contribution in [-0.4, -0.2) is 53.9 Å². The van der Waals surface area contributed by atoms with E-state index in [1.807, 2.05) is 0 Å². The average Bonchev–Trinajstić information content (AvgIpc) is 2.63. The van der Waals surface area contributed by atoms with Crippen molar-refractivity contribution in [3.05, 3.63) is 0 Å². The van der Waals surface area contributed by atoms with Crippen LogP contribution in [0.4, 0.5) is 13.2 Å². The van der Waals surface area contributed by atoms with Gasteiger partial charge in [0.1, 0.15) is 6.54 Å². The molecule has 1 aliphatic rings. The molecule has 7 heteroatoms. The fraction of sp³-hybridized carbons (Fsp3) is 0.900. The molecule has 0 radical (unpaired) electrons. The van der Waals surface area contributed by atoms with Gasteiger partial charge in [-0.05, 0) is 26.3 Å². The summed E-state index contributed by atoms with van der Waals surface area (Å²) in [5.41, 5.74) is -0.930. The Bertz CT molecular complexity index is 275. The molecular weight excluding hydrogens is 237 g/mol. The predicted octanol–water partition coefficient (Wildman–Crippen LogP) is 0.512. The van der Waals surface area contributed by atoms with Gasteiger partial charge in [0, 0.05) is 6.54 Å². The number of aliphatic hydroxyl groups excluding tert-OH is 1. The first-order valence-electron chi connectivity index (χ1n) is 5.50. The smallest absolute Gasteiger partial charge is 0.395 e. The van der Waals surface area contributed by atoms with Crippen molar-refractivity contribution in [1.29, 1.82) is 0 Å². The van der Waals surface area contributed by atoms with E-state index < -0.39 is 30.8 Å². The van der Waals surface area contributed by atoms with Crippen molar-refractivity contribution in [3.8, 4) is 0 Å². The summed E-state index contributed by atoms with van der Waals surface area (Å²) < 4.78 is 36.9.